The van der Waals surface area contributed by atoms with Gasteiger partial charge in [0.15, 0.2) is 0 Å². The first-order valence-electron chi connectivity index (χ1n) is 7.90. The second-order valence-corrected chi connectivity index (χ2v) is 5.87. The molecule has 130 valence electrons. The monoisotopic (exact) mass is 348 g/mol. The van der Waals surface area contributed by atoms with Crippen molar-refractivity contribution >= 4 is 28.7 Å². The van der Waals surface area contributed by atoms with Gasteiger partial charge in [0, 0.05) is 23.1 Å². The fourth-order valence-electron chi connectivity index (χ4n) is 2.57. The van der Waals surface area contributed by atoms with Crippen LogP contribution in [-0.4, -0.2) is 22.0 Å². The topological polar surface area (TPSA) is 97.5 Å². The van der Waals surface area contributed by atoms with Crippen molar-refractivity contribution in [2.45, 2.75) is 13.8 Å². The lowest BCUT2D eigenvalue weighted by Gasteiger charge is -2.06. The van der Waals surface area contributed by atoms with Crippen LogP contribution in [0.25, 0.3) is 10.9 Å². The van der Waals surface area contributed by atoms with Crippen molar-refractivity contribution in [2.24, 2.45) is 5.10 Å². The molecule has 0 saturated heterocycles. The third-order valence-corrected chi connectivity index (χ3v) is 3.87. The van der Waals surface area contributed by atoms with Crippen LogP contribution in [0.2, 0.25) is 0 Å². The molecule has 0 saturated carbocycles. The quantitative estimate of drug-likeness (QED) is 0.443. The molecule has 1 aromatic heterocycles. The van der Waals surface area contributed by atoms with Gasteiger partial charge in [-0.3, -0.25) is 19.9 Å². The van der Waals surface area contributed by atoms with E-state index in [0.29, 0.717) is 16.8 Å². The summed E-state index contributed by atoms with van der Waals surface area (Å²) in [6, 6.07) is 13.6. The number of nitrogens with zero attached hydrogens (tertiary/aromatic N) is 3. The molecule has 3 rings (SSSR count). The molecule has 26 heavy (non-hydrogen) atoms. The number of carbonyl (C=O) groups excluding carboxylic acids is 1. The van der Waals surface area contributed by atoms with E-state index < -0.39 is 4.92 Å². The molecule has 2 aromatic carbocycles. The summed E-state index contributed by atoms with van der Waals surface area (Å²) in [5.74, 6) is -0.389. The summed E-state index contributed by atoms with van der Waals surface area (Å²) in [7, 11) is 0. The molecule has 0 aliphatic heterocycles. The van der Waals surface area contributed by atoms with Gasteiger partial charge >= 0.3 is 0 Å². The summed E-state index contributed by atoms with van der Waals surface area (Å²) in [5, 5.41) is 15.5. The number of nitrogens with one attached hydrogen (secondary N) is 1. The van der Waals surface area contributed by atoms with Crippen LogP contribution >= 0.6 is 0 Å². The minimum absolute atomic E-state index is 0.0368. The molecule has 0 aliphatic carbocycles. The molecule has 1 heterocycles. The van der Waals surface area contributed by atoms with E-state index >= 15 is 0 Å². The van der Waals surface area contributed by atoms with Gasteiger partial charge in [-0.25, -0.2) is 5.43 Å². The van der Waals surface area contributed by atoms with Gasteiger partial charge in [-0.2, -0.15) is 5.10 Å². The molecule has 7 heteroatoms. The molecule has 1 amide bonds. The molecule has 3 aromatic rings. The Hall–Kier alpha value is -3.61. The van der Waals surface area contributed by atoms with Crippen LogP contribution in [0.15, 0.2) is 53.6 Å². The zero-order valence-electron chi connectivity index (χ0n) is 14.3. The Labute approximate surface area is 149 Å². The molecule has 7 nitrogen and oxygen atoms in total. The van der Waals surface area contributed by atoms with Crippen molar-refractivity contribution in [1.29, 1.82) is 0 Å². The van der Waals surface area contributed by atoms with E-state index in [1.165, 1.54) is 18.3 Å². The van der Waals surface area contributed by atoms with Crippen molar-refractivity contribution in [3.8, 4) is 0 Å². The normalized spacial score (nSPS) is 11.0. The summed E-state index contributed by atoms with van der Waals surface area (Å²) in [6.45, 7) is 3.74. The highest BCUT2D eigenvalue weighted by molar-refractivity contribution is 5.99. The second-order valence-electron chi connectivity index (χ2n) is 5.87. The first kappa shape index (κ1) is 17.2. The molecular formula is C19H16N4O3. The number of nitro groups is 1. The SMILES string of the molecule is Cc1ccc2nc(C)c(C(=O)N/N=C\c3cccc([N+](=O)[O-])c3)cc2c1. The first-order valence-corrected chi connectivity index (χ1v) is 7.90. The molecular weight excluding hydrogens is 332 g/mol. The number of non-ortho nitro benzene ring substituents is 1. The van der Waals surface area contributed by atoms with Crippen molar-refractivity contribution in [2.75, 3.05) is 0 Å². The predicted molar refractivity (Wildman–Crippen MR) is 99.4 cm³/mol. The zero-order valence-corrected chi connectivity index (χ0v) is 14.3. The smallest absolute Gasteiger partial charge is 0.267 e. The summed E-state index contributed by atoms with van der Waals surface area (Å²) in [5.41, 5.74) is 5.85. The van der Waals surface area contributed by atoms with E-state index in [1.807, 2.05) is 25.1 Å². The fraction of sp³-hybridized carbons (Fsp3) is 0.105. The number of hydrogen-bond donors (Lipinski definition) is 1. The number of hydrazone groups is 1. The lowest BCUT2D eigenvalue weighted by atomic mass is 10.1. The van der Waals surface area contributed by atoms with Crippen LogP contribution in [0.3, 0.4) is 0 Å². The van der Waals surface area contributed by atoms with Crippen LogP contribution in [0, 0.1) is 24.0 Å². The van der Waals surface area contributed by atoms with Gasteiger partial charge in [0.25, 0.3) is 11.6 Å². The molecule has 0 unspecified atom stereocenters. The highest BCUT2D eigenvalue weighted by atomic mass is 16.6. The van der Waals surface area contributed by atoms with Crippen molar-refractivity contribution in [3.63, 3.8) is 0 Å². The van der Waals surface area contributed by atoms with Crippen LogP contribution < -0.4 is 5.43 Å². The summed E-state index contributed by atoms with van der Waals surface area (Å²) in [6.07, 6.45) is 1.36. The molecule has 0 radical (unpaired) electrons. The fourth-order valence-corrected chi connectivity index (χ4v) is 2.57. The third kappa shape index (κ3) is 3.72. The van der Waals surface area contributed by atoms with Crippen molar-refractivity contribution in [3.05, 3.63) is 81.0 Å². The first-order chi connectivity index (χ1) is 12.4. The van der Waals surface area contributed by atoms with Gasteiger partial charge in [0.05, 0.1) is 27.9 Å². The number of carbonyl (C=O) groups is 1. The van der Waals surface area contributed by atoms with Gasteiger partial charge in [0.2, 0.25) is 0 Å². The highest BCUT2D eigenvalue weighted by Gasteiger charge is 2.11. The lowest BCUT2D eigenvalue weighted by molar-refractivity contribution is -0.384. The number of hydrogen-bond acceptors (Lipinski definition) is 5. The number of pyridine rings is 1. The van der Waals surface area contributed by atoms with Crippen LogP contribution in [0.4, 0.5) is 5.69 Å². The summed E-state index contributed by atoms with van der Waals surface area (Å²) >= 11 is 0. The molecule has 0 fully saturated rings. The molecule has 0 bridgehead atoms. The molecule has 0 aliphatic rings. The largest absolute Gasteiger partial charge is 0.273 e. The van der Waals surface area contributed by atoms with Crippen LogP contribution in [-0.2, 0) is 0 Å². The van der Waals surface area contributed by atoms with Gasteiger partial charge in [-0.05, 0) is 32.0 Å². The maximum absolute atomic E-state index is 12.4. The zero-order chi connectivity index (χ0) is 18.7. The third-order valence-electron chi connectivity index (χ3n) is 3.87. The standard InChI is InChI=1S/C19H16N4O3/c1-12-6-7-18-15(8-12)10-17(13(2)21-18)19(24)22-20-11-14-4-3-5-16(9-14)23(25)26/h3-11H,1-2H3,(H,22,24)/b20-11-. The average molecular weight is 348 g/mol. The second kappa shape index (κ2) is 7.10. The maximum Gasteiger partial charge on any atom is 0.273 e. The molecule has 1 N–H and O–H groups in total. The van der Waals surface area contributed by atoms with E-state index in [4.69, 9.17) is 0 Å². The summed E-state index contributed by atoms with van der Waals surface area (Å²) < 4.78 is 0. The van der Waals surface area contributed by atoms with Gasteiger partial charge in [-0.1, -0.05) is 23.8 Å². The van der Waals surface area contributed by atoms with Gasteiger partial charge < -0.3 is 0 Å². The molecule has 0 atom stereocenters. The molecule has 0 spiro atoms. The highest BCUT2D eigenvalue weighted by Crippen LogP contribution is 2.18. The van der Waals surface area contributed by atoms with E-state index in [1.54, 1.807) is 25.1 Å². The number of benzene rings is 2. The van der Waals surface area contributed by atoms with E-state index in [2.05, 4.69) is 15.5 Å². The number of aryl methyl sites for hydroxylation is 2. The van der Waals surface area contributed by atoms with Gasteiger partial charge in [-0.15, -0.1) is 0 Å². The van der Waals surface area contributed by atoms with Crippen LogP contribution in [0.1, 0.15) is 27.2 Å². The Morgan fingerprint density at radius 1 is 1.19 bits per heavy atom. The Balaban J connectivity index is 1.80. The van der Waals surface area contributed by atoms with Crippen molar-refractivity contribution in [1.82, 2.24) is 10.4 Å². The number of fused-ring (bicyclic) bond motifs is 1. The lowest BCUT2D eigenvalue weighted by Crippen LogP contribution is -2.19. The Kier molecular flexibility index (Phi) is 4.70. The number of rotatable bonds is 4. The van der Waals surface area contributed by atoms with E-state index in [9.17, 15) is 14.9 Å². The van der Waals surface area contributed by atoms with E-state index in [0.717, 1.165) is 16.5 Å². The number of amides is 1. The van der Waals surface area contributed by atoms with E-state index in [-0.39, 0.29) is 11.6 Å². The van der Waals surface area contributed by atoms with Gasteiger partial charge in [0.1, 0.15) is 0 Å². The number of nitro benzene ring substituents is 1. The number of aromatic nitrogens is 1. The average Bonchev–Trinajstić information content (AvgIpc) is 2.61. The minimum atomic E-state index is -0.484. The predicted octanol–water partition coefficient (Wildman–Crippen LogP) is 3.52. The minimum Gasteiger partial charge on any atom is -0.267 e. The Morgan fingerprint density at radius 3 is 2.77 bits per heavy atom. The Bertz CT molecular complexity index is 1040. The van der Waals surface area contributed by atoms with Crippen LogP contribution in [0.5, 0.6) is 0 Å². The summed E-state index contributed by atoms with van der Waals surface area (Å²) in [4.78, 5) is 27.1. The maximum atomic E-state index is 12.4. The Morgan fingerprint density at radius 2 is 2.00 bits per heavy atom. The van der Waals surface area contributed by atoms with Crippen molar-refractivity contribution < 1.29 is 9.72 Å².